The van der Waals surface area contributed by atoms with E-state index in [1.54, 1.807) is 0 Å². The largest absolute Gasteiger partial charge is 0.323 e. The minimum Gasteiger partial charge on any atom is -0.323 e. The summed E-state index contributed by atoms with van der Waals surface area (Å²) >= 11 is 6.13. The van der Waals surface area contributed by atoms with Crippen LogP contribution < -0.4 is 0 Å². The number of rotatable bonds is 4. The van der Waals surface area contributed by atoms with Crippen LogP contribution in [-0.4, -0.2) is 27.5 Å². The molecule has 1 aromatic carbocycles. The average Bonchev–Trinajstić information content (AvgIpc) is 2.79. The summed E-state index contributed by atoms with van der Waals surface area (Å²) in [6.45, 7) is 10.2. The van der Waals surface area contributed by atoms with Crippen LogP contribution in [0.5, 0.6) is 0 Å². The number of likely N-dealkylation sites (tertiary alicyclic amines) is 1. The zero-order valence-electron chi connectivity index (χ0n) is 12.6. The fourth-order valence-corrected chi connectivity index (χ4v) is 3.19. The first kappa shape index (κ1) is 14.6. The summed E-state index contributed by atoms with van der Waals surface area (Å²) < 4.78 is 2.23. The Hall–Kier alpha value is -1.32. The van der Waals surface area contributed by atoms with E-state index in [2.05, 4.69) is 23.0 Å². The topological polar surface area (TPSA) is 21.1 Å². The van der Waals surface area contributed by atoms with E-state index < -0.39 is 0 Å². The molecule has 0 amide bonds. The van der Waals surface area contributed by atoms with Crippen molar-refractivity contribution in [3.63, 3.8) is 0 Å². The molecule has 0 spiro atoms. The summed E-state index contributed by atoms with van der Waals surface area (Å²) in [7, 11) is 0. The van der Waals surface area contributed by atoms with Crippen LogP contribution in [0.25, 0.3) is 11.0 Å². The van der Waals surface area contributed by atoms with Crippen LogP contribution in [-0.2, 0) is 13.1 Å². The van der Waals surface area contributed by atoms with Crippen molar-refractivity contribution in [3.8, 4) is 0 Å². The molecule has 1 saturated heterocycles. The predicted octanol–water partition coefficient (Wildman–Crippen LogP) is 4.11. The van der Waals surface area contributed by atoms with Crippen molar-refractivity contribution < 1.29 is 0 Å². The first-order valence-electron chi connectivity index (χ1n) is 7.65. The van der Waals surface area contributed by atoms with Crippen molar-refractivity contribution in [1.29, 1.82) is 0 Å². The van der Waals surface area contributed by atoms with Crippen LogP contribution in [0.3, 0.4) is 0 Å². The van der Waals surface area contributed by atoms with E-state index in [0.29, 0.717) is 0 Å². The highest BCUT2D eigenvalue weighted by molar-refractivity contribution is 6.31. The van der Waals surface area contributed by atoms with Crippen molar-refractivity contribution in [1.82, 2.24) is 14.5 Å². The maximum absolute atomic E-state index is 6.13. The molecule has 112 valence electrons. The minimum absolute atomic E-state index is 0.756. The summed E-state index contributed by atoms with van der Waals surface area (Å²) in [5.41, 5.74) is 2.12. The minimum atomic E-state index is 0.756. The zero-order valence-corrected chi connectivity index (χ0v) is 13.3. The van der Waals surface area contributed by atoms with Gasteiger partial charge < -0.3 is 4.57 Å². The van der Waals surface area contributed by atoms with Crippen LogP contribution in [0.15, 0.2) is 30.9 Å². The molecule has 1 fully saturated rings. The first-order valence-corrected chi connectivity index (χ1v) is 8.03. The van der Waals surface area contributed by atoms with Gasteiger partial charge in [-0.3, -0.25) is 4.90 Å². The Morgan fingerprint density at radius 1 is 1.38 bits per heavy atom. The molecule has 0 aliphatic carbocycles. The predicted molar refractivity (Wildman–Crippen MR) is 88.6 cm³/mol. The van der Waals surface area contributed by atoms with E-state index in [-0.39, 0.29) is 0 Å². The molecule has 0 saturated carbocycles. The van der Waals surface area contributed by atoms with Gasteiger partial charge in [-0.05, 0) is 50.0 Å². The third-order valence-corrected chi connectivity index (χ3v) is 4.58. The number of halogens is 1. The van der Waals surface area contributed by atoms with E-state index in [4.69, 9.17) is 16.6 Å². The lowest BCUT2D eigenvalue weighted by molar-refractivity contribution is 0.180. The van der Waals surface area contributed by atoms with Crippen LogP contribution in [0.4, 0.5) is 0 Å². The number of fused-ring (bicyclic) bond motifs is 1. The number of nitrogens with zero attached hydrogens (tertiary/aromatic N) is 3. The van der Waals surface area contributed by atoms with Gasteiger partial charge in [0.1, 0.15) is 5.82 Å². The number of hydrogen-bond donors (Lipinski definition) is 0. The summed E-state index contributed by atoms with van der Waals surface area (Å²) in [6.07, 6.45) is 4.49. The standard InChI is InChI=1S/C17H22ClN3/c1-3-8-21-16-11-14(18)4-5-15(16)19-17(21)12-20-9-6-13(2)7-10-20/h3-5,11,13H,1,6-10,12H2,2H3. The number of hydrogen-bond acceptors (Lipinski definition) is 2. The number of aromatic nitrogens is 2. The van der Waals surface area contributed by atoms with E-state index in [1.807, 2.05) is 24.3 Å². The average molecular weight is 304 g/mol. The zero-order chi connectivity index (χ0) is 14.8. The molecule has 2 heterocycles. The van der Waals surface area contributed by atoms with Gasteiger partial charge in [-0.25, -0.2) is 4.98 Å². The highest BCUT2D eigenvalue weighted by atomic mass is 35.5. The number of piperidine rings is 1. The molecule has 1 aromatic heterocycles. The third kappa shape index (κ3) is 3.14. The molecule has 0 bridgehead atoms. The lowest BCUT2D eigenvalue weighted by Gasteiger charge is -2.29. The van der Waals surface area contributed by atoms with Gasteiger partial charge in [0.05, 0.1) is 17.6 Å². The van der Waals surface area contributed by atoms with Gasteiger partial charge in [-0.1, -0.05) is 24.6 Å². The number of allylic oxidation sites excluding steroid dienone is 1. The molecule has 4 heteroatoms. The Kier molecular flexibility index (Phi) is 4.32. The van der Waals surface area contributed by atoms with Crippen molar-refractivity contribution in [3.05, 3.63) is 41.7 Å². The summed E-state index contributed by atoms with van der Waals surface area (Å²) in [5, 5.41) is 0.756. The molecule has 3 nitrogen and oxygen atoms in total. The molecule has 2 aromatic rings. The second kappa shape index (κ2) is 6.20. The molecular weight excluding hydrogens is 282 g/mol. The smallest absolute Gasteiger partial charge is 0.124 e. The molecule has 0 unspecified atom stereocenters. The van der Waals surface area contributed by atoms with Crippen LogP contribution in [0.1, 0.15) is 25.6 Å². The Balaban J connectivity index is 1.90. The second-order valence-electron chi connectivity index (χ2n) is 6.02. The third-order valence-electron chi connectivity index (χ3n) is 4.34. The quantitative estimate of drug-likeness (QED) is 0.793. The molecule has 0 radical (unpaired) electrons. The van der Waals surface area contributed by atoms with Crippen molar-refractivity contribution >= 4 is 22.6 Å². The highest BCUT2D eigenvalue weighted by Gasteiger charge is 2.18. The van der Waals surface area contributed by atoms with Gasteiger partial charge >= 0.3 is 0 Å². The molecule has 1 aliphatic heterocycles. The van der Waals surface area contributed by atoms with Gasteiger partial charge in [-0.15, -0.1) is 6.58 Å². The lowest BCUT2D eigenvalue weighted by Crippen LogP contribution is -2.33. The van der Waals surface area contributed by atoms with E-state index in [1.165, 1.54) is 25.9 Å². The van der Waals surface area contributed by atoms with Gasteiger partial charge in [-0.2, -0.15) is 0 Å². The van der Waals surface area contributed by atoms with E-state index in [9.17, 15) is 0 Å². The molecule has 3 rings (SSSR count). The second-order valence-corrected chi connectivity index (χ2v) is 6.46. The van der Waals surface area contributed by atoms with E-state index in [0.717, 1.165) is 40.9 Å². The summed E-state index contributed by atoms with van der Waals surface area (Å²) in [6, 6.07) is 5.90. The Labute approximate surface area is 131 Å². The summed E-state index contributed by atoms with van der Waals surface area (Å²) in [4.78, 5) is 7.30. The van der Waals surface area contributed by atoms with Gasteiger partial charge in [0, 0.05) is 11.6 Å². The van der Waals surface area contributed by atoms with Crippen molar-refractivity contribution in [2.75, 3.05) is 13.1 Å². The molecule has 21 heavy (non-hydrogen) atoms. The first-order chi connectivity index (χ1) is 10.2. The molecule has 0 N–H and O–H groups in total. The maximum atomic E-state index is 6.13. The van der Waals surface area contributed by atoms with Crippen LogP contribution in [0, 0.1) is 5.92 Å². The number of imidazole rings is 1. The maximum Gasteiger partial charge on any atom is 0.124 e. The van der Waals surface area contributed by atoms with Gasteiger partial charge in [0.25, 0.3) is 0 Å². The van der Waals surface area contributed by atoms with Crippen molar-refractivity contribution in [2.24, 2.45) is 5.92 Å². The van der Waals surface area contributed by atoms with Gasteiger partial charge in [0.2, 0.25) is 0 Å². The van der Waals surface area contributed by atoms with E-state index >= 15 is 0 Å². The normalized spacial score (nSPS) is 17.4. The summed E-state index contributed by atoms with van der Waals surface area (Å²) in [5.74, 6) is 1.97. The lowest BCUT2D eigenvalue weighted by atomic mass is 9.99. The Morgan fingerprint density at radius 3 is 2.86 bits per heavy atom. The van der Waals surface area contributed by atoms with Crippen molar-refractivity contribution in [2.45, 2.75) is 32.9 Å². The highest BCUT2D eigenvalue weighted by Crippen LogP contribution is 2.23. The molecule has 1 aliphatic rings. The monoisotopic (exact) mass is 303 g/mol. The Morgan fingerprint density at radius 2 is 2.14 bits per heavy atom. The van der Waals surface area contributed by atoms with Gasteiger partial charge in [0.15, 0.2) is 0 Å². The fourth-order valence-electron chi connectivity index (χ4n) is 3.02. The SMILES string of the molecule is C=CCn1c(CN2CCC(C)CC2)nc2ccc(Cl)cc21. The molecule has 0 atom stereocenters. The van der Waals surface area contributed by atoms with Crippen LogP contribution in [0.2, 0.25) is 5.02 Å². The fraction of sp³-hybridized carbons (Fsp3) is 0.471. The van der Waals surface area contributed by atoms with Crippen LogP contribution >= 0.6 is 11.6 Å². The molecular formula is C17H22ClN3. The Bertz CT molecular complexity index is 639. The number of benzene rings is 1.